The number of ether oxygens (including phenoxy) is 2. The number of aryl methyl sites for hydroxylation is 1. The van der Waals surface area contributed by atoms with Gasteiger partial charge in [-0.3, -0.25) is 9.59 Å². The molecule has 1 aromatic carbocycles. The molecule has 0 saturated heterocycles. The van der Waals surface area contributed by atoms with Crippen LogP contribution in [0.3, 0.4) is 0 Å². The van der Waals surface area contributed by atoms with Gasteiger partial charge in [-0.15, -0.1) is 0 Å². The number of carbonyl (C=O) groups is 2. The quantitative estimate of drug-likeness (QED) is 0.415. The molecule has 0 amide bonds. The van der Waals surface area contributed by atoms with E-state index in [-0.39, 0.29) is 0 Å². The summed E-state index contributed by atoms with van der Waals surface area (Å²) in [4.78, 5) is 22.7. The molecule has 8 heteroatoms. The molecule has 0 aliphatic carbocycles. The molecule has 4 nitrogen and oxygen atoms in total. The van der Waals surface area contributed by atoms with Gasteiger partial charge < -0.3 is 9.47 Å². The molecule has 1 aromatic rings. The van der Waals surface area contributed by atoms with Gasteiger partial charge in [0, 0.05) is 0 Å². The zero-order valence-corrected chi connectivity index (χ0v) is 12.4. The molecule has 0 bridgehead atoms. The molecule has 0 radical (unpaired) electrons. The maximum Gasteiger partial charge on any atom is 0.340 e. The van der Waals surface area contributed by atoms with Gasteiger partial charge in [-0.1, -0.05) is 19.1 Å². The van der Waals surface area contributed by atoms with E-state index in [0.717, 1.165) is 12.0 Å². The highest BCUT2D eigenvalue weighted by Crippen LogP contribution is 2.23. The number of alkyl halides is 4. The molecule has 0 unspecified atom stereocenters. The predicted octanol–water partition coefficient (Wildman–Crippen LogP) is 3.38. The van der Waals surface area contributed by atoms with Gasteiger partial charge in [0.05, 0.1) is 12.8 Å². The molecular weight excluding hydrogens is 320 g/mol. The zero-order chi connectivity index (χ0) is 17.5. The fourth-order valence-electron chi connectivity index (χ4n) is 1.53. The smallest absolute Gasteiger partial charge is 0.340 e. The summed E-state index contributed by atoms with van der Waals surface area (Å²) in [6, 6.07) is 6.75. The van der Waals surface area contributed by atoms with Crippen LogP contribution in [0.4, 0.5) is 17.6 Å². The van der Waals surface area contributed by atoms with Gasteiger partial charge in [0.1, 0.15) is 5.75 Å². The third kappa shape index (κ3) is 6.66. The Balaban J connectivity index is 2.36. The van der Waals surface area contributed by atoms with E-state index in [0.29, 0.717) is 5.75 Å². The number of hydrogen-bond acceptors (Lipinski definition) is 4. The van der Waals surface area contributed by atoms with Crippen LogP contribution in [0.2, 0.25) is 0 Å². The van der Waals surface area contributed by atoms with Crippen LogP contribution in [0, 0.1) is 0 Å². The van der Waals surface area contributed by atoms with Crippen molar-refractivity contribution in [3.05, 3.63) is 29.8 Å². The lowest BCUT2D eigenvalue weighted by molar-refractivity contribution is -0.180. The molecule has 0 aliphatic rings. The van der Waals surface area contributed by atoms with Crippen LogP contribution in [0.15, 0.2) is 24.3 Å². The van der Waals surface area contributed by atoms with Crippen LogP contribution in [-0.2, 0) is 20.7 Å². The average Bonchev–Trinajstić information content (AvgIpc) is 2.51. The van der Waals surface area contributed by atoms with Crippen molar-refractivity contribution in [3.63, 3.8) is 0 Å². The van der Waals surface area contributed by atoms with Crippen LogP contribution in [0.5, 0.6) is 5.75 Å². The van der Waals surface area contributed by atoms with E-state index >= 15 is 0 Å². The fraction of sp³-hybridized carbons (Fsp3) is 0.467. The van der Waals surface area contributed by atoms with Gasteiger partial charge in [-0.25, -0.2) is 8.78 Å². The predicted molar refractivity (Wildman–Crippen MR) is 72.6 cm³/mol. The average molecular weight is 336 g/mol. The second kappa shape index (κ2) is 8.50. The van der Waals surface area contributed by atoms with Crippen molar-refractivity contribution in [1.82, 2.24) is 0 Å². The van der Waals surface area contributed by atoms with Crippen molar-refractivity contribution in [2.45, 2.75) is 38.5 Å². The number of halogens is 4. The Morgan fingerprint density at radius 1 is 1.17 bits per heavy atom. The van der Waals surface area contributed by atoms with Gasteiger partial charge in [-0.2, -0.15) is 8.78 Å². The van der Waals surface area contributed by atoms with E-state index in [1.165, 1.54) is 0 Å². The molecule has 0 atom stereocenters. The first-order valence-electron chi connectivity index (χ1n) is 6.86. The molecule has 0 saturated carbocycles. The standard InChI is InChI=1S/C15H16F4O4/c1-2-10-4-3-5-11(8-10)23-13(21)7-6-12(20)22-9-15(18,19)14(16)17/h3-5,8,14H,2,6-7,9H2,1H3. The Kier molecular flexibility index (Phi) is 6.99. The highest BCUT2D eigenvalue weighted by molar-refractivity contribution is 5.79. The Labute approximate surface area is 130 Å². The third-order valence-electron chi connectivity index (χ3n) is 2.82. The van der Waals surface area contributed by atoms with E-state index in [1.807, 2.05) is 13.0 Å². The van der Waals surface area contributed by atoms with Gasteiger partial charge in [0.25, 0.3) is 0 Å². The Morgan fingerprint density at radius 3 is 2.43 bits per heavy atom. The monoisotopic (exact) mass is 336 g/mol. The molecule has 0 fully saturated rings. The van der Waals surface area contributed by atoms with Crippen molar-refractivity contribution >= 4 is 11.9 Å². The summed E-state index contributed by atoms with van der Waals surface area (Å²) in [5.74, 6) is -6.04. The van der Waals surface area contributed by atoms with Crippen LogP contribution < -0.4 is 4.74 Å². The van der Waals surface area contributed by atoms with Crippen molar-refractivity contribution in [3.8, 4) is 5.75 Å². The molecule has 128 valence electrons. The van der Waals surface area contributed by atoms with Gasteiger partial charge >= 0.3 is 24.3 Å². The molecule has 0 aliphatic heterocycles. The molecule has 23 heavy (non-hydrogen) atoms. The normalized spacial score (nSPS) is 11.4. The Morgan fingerprint density at radius 2 is 1.83 bits per heavy atom. The number of esters is 2. The summed E-state index contributed by atoms with van der Waals surface area (Å²) in [6.45, 7) is 0.198. The van der Waals surface area contributed by atoms with E-state index in [4.69, 9.17) is 4.74 Å². The number of hydrogen-bond donors (Lipinski definition) is 0. The first-order valence-corrected chi connectivity index (χ1v) is 6.86. The van der Waals surface area contributed by atoms with Crippen LogP contribution >= 0.6 is 0 Å². The Hall–Kier alpha value is -2.12. The SMILES string of the molecule is CCc1cccc(OC(=O)CCC(=O)OCC(F)(F)C(F)F)c1. The summed E-state index contributed by atoms with van der Waals surface area (Å²) in [5, 5.41) is 0. The van der Waals surface area contributed by atoms with E-state index in [1.54, 1.807) is 18.2 Å². The minimum absolute atomic E-state index is 0.298. The first-order chi connectivity index (χ1) is 10.7. The lowest BCUT2D eigenvalue weighted by Crippen LogP contribution is -2.33. The fourth-order valence-corrected chi connectivity index (χ4v) is 1.53. The lowest BCUT2D eigenvalue weighted by Gasteiger charge is -2.14. The molecule has 1 rings (SSSR count). The maximum atomic E-state index is 12.5. The second-order valence-electron chi connectivity index (χ2n) is 4.70. The van der Waals surface area contributed by atoms with E-state index < -0.39 is 43.7 Å². The largest absolute Gasteiger partial charge is 0.459 e. The van der Waals surface area contributed by atoms with Crippen molar-refractivity contribution < 1.29 is 36.6 Å². The summed E-state index contributed by atoms with van der Waals surface area (Å²) in [5.41, 5.74) is 0.948. The first kappa shape index (κ1) is 18.9. The molecular formula is C15H16F4O4. The summed E-state index contributed by atoms with van der Waals surface area (Å²) in [7, 11) is 0. The zero-order valence-electron chi connectivity index (χ0n) is 12.4. The third-order valence-corrected chi connectivity index (χ3v) is 2.82. The number of benzene rings is 1. The van der Waals surface area contributed by atoms with E-state index in [9.17, 15) is 27.2 Å². The molecule has 0 heterocycles. The summed E-state index contributed by atoms with van der Waals surface area (Å²) < 4.78 is 57.8. The van der Waals surface area contributed by atoms with Crippen molar-refractivity contribution in [2.24, 2.45) is 0 Å². The van der Waals surface area contributed by atoms with Crippen molar-refractivity contribution in [1.29, 1.82) is 0 Å². The van der Waals surface area contributed by atoms with Gasteiger partial charge in [0.15, 0.2) is 6.61 Å². The number of rotatable bonds is 8. The molecule has 0 N–H and O–H groups in total. The summed E-state index contributed by atoms with van der Waals surface area (Å²) in [6.07, 6.45) is -4.12. The molecule has 0 spiro atoms. The minimum atomic E-state index is -4.41. The summed E-state index contributed by atoms with van der Waals surface area (Å²) >= 11 is 0. The van der Waals surface area contributed by atoms with Crippen LogP contribution in [0.25, 0.3) is 0 Å². The van der Waals surface area contributed by atoms with Crippen LogP contribution in [-0.4, -0.2) is 30.9 Å². The van der Waals surface area contributed by atoms with Crippen molar-refractivity contribution in [2.75, 3.05) is 6.61 Å². The minimum Gasteiger partial charge on any atom is -0.459 e. The number of carbonyl (C=O) groups excluding carboxylic acids is 2. The highest BCUT2D eigenvalue weighted by Gasteiger charge is 2.42. The topological polar surface area (TPSA) is 52.6 Å². The van der Waals surface area contributed by atoms with Crippen LogP contribution in [0.1, 0.15) is 25.3 Å². The second-order valence-corrected chi connectivity index (χ2v) is 4.70. The van der Waals surface area contributed by atoms with Gasteiger partial charge in [-0.05, 0) is 24.1 Å². The van der Waals surface area contributed by atoms with E-state index in [2.05, 4.69) is 4.74 Å². The van der Waals surface area contributed by atoms with Gasteiger partial charge in [0.2, 0.25) is 0 Å². The highest BCUT2D eigenvalue weighted by atomic mass is 19.3. The maximum absolute atomic E-state index is 12.5. The molecule has 0 aromatic heterocycles. The lowest BCUT2D eigenvalue weighted by atomic mass is 10.2. The Bertz CT molecular complexity index is 546.